The van der Waals surface area contributed by atoms with Gasteiger partial charge in [-0.25, -0.2) is 9.97 Å². The molecule has 6 heteroatoms. The van der Waals surface area contributed by atoms with E-state index < -0.39 is 0 Å². The van der Waals surface area contributed by atoms with E-state index in [2.05, 4.69) is 50.3 Å². The molecule has 1 N–H and O–H groups in total. The Balaban J connectivity index is 1.87. The Labute approximate surface area is 162 Å². The van der Waals surface area contributed by atoms with Crippen LogP contribution in [-0.4, -0.2) is 9.97 Å². The molecule has 3 nitrogen and oxygen atoms in total. The van der Waals surface area contributed by atoms with E-state index in [1.165, 1.54) is 10.4 Å². The molecule has 0 saturated carbocycles. The molecule has 0 unspecified atom stereocenters. The van der Waals surface area contributed by atoms with Crippen LogP contribution in [0.25, 0.3) is 21.3 Å². The lowest BCUT2D eigenvalue weighted by Gasteiger charge is -2.09. The number of nitrogens with one attached hydrogen (secondary N) is 1. The zero-order chi connectivity index (χ0) is 17.4. The highest BCUT2D eigenvalue weighted by atomic mass is 79.9. The number of rotatable bonds is 3. The second-order valence-corrected chi connectivity index (χ2v) is 8.13. The van der Waals surface area contributed by atoms with Gasteiger partial charge in [-0.2, -0.15) is 0 Å². The van der Waals surface area contributed by atoms with Crippen LogP contribution in [0.5, 0.6) is 0 Å². The van der Waals surface area contributed by atoms with Crippen LogP contribution in [0.3, 0.4) is 0 Å². The van der Waals surface area contributed by atoms with Crippen molar-refractivity contribution in [2.24, 2.45) is 0 Å². The van der Waals surface area contributed by atoms with Gasteiger partial charge in [0.1, 0.15) is 17.0 Å². The van der Waals surface area contributed by atoms with Crippen molar-refractivity contribution in [1.82, 2.24) is 9.97 Å². The van der Waals surface area contributed by atoms with Gasteiger partial charge in [-0.05, 0) is 48.9 Å². The minimum atomic E-state index is 0.709. The summed E-state index contributed by atoms with van der Waals surface area (Å²) in [5.74, 6) is 0.801. The average molecular weight is 431 g/mol. The largest absolute Gasteiger partial charge is 0.340 e. The lowest BCUT2D eigenvalue weighted by atomic mass is 10.0. The van der Waals surface area contributed by atoms with E-state index in [1.807, 2.05) is 36.4 Å². The molecule has 0 fully saturated rings. The first-order chi connectivity index (χ1) is 12.1. The Morgan fingerprint density at radius 3 is 2.44 bits per heavy atom. The van der Waals surface area contributed by atoms with Gasteiger partial charge in [0.05, 0.1) is 5.39 Å². The molecule has 0 bridgehead atoms. The second-order valence-electron chi connectivity index (χ2n) is 5.57. The van der Waals surface area contributed by atoms with Crippen molar-refractivity contribution in [3.05, 3.63) is 69.2 Å². The van der Waals surface area contributed by atoms with Crippen molar-refractivity contribution in [2.45, 2.75) is 6.92 Å². The Hall–Kier alpha value is -1.95. The number of thiophene rings is 1. The zero-order valence-corrected chi connectivity index (χ0v) is 16.4. The molecule has 2 heterocycles. The quantitative estimate of drug-likeness (QED) is 0.387. The van der Waals surface area contributed by atoms with Gasteiger partial charge in [-0.1, -0.05) is 39.7 Å². The minimum Gasteiger partial charge on any atom is -0.340 e. The maximum Gasteiger partial charge on any atom is 0.143 e. The van der Waals surface area contributed by atoms with Gasteiger partial charge in [-0.3, -0.25) is 0 Å². The molecule has 2 aromatic carbocycles. The number of aryl methyl sites for hydroxylation is 1. The van der Waals surface area contributed by atoms with Crippen LogP contribution in [0, 0.1) is 6.92 Å². The van der Waals surface area contributed by atoms with Crippen molar-refractivity contribution in [3.8, 4) is 11.1 Å². The number of fused-ring (bicyclic) bond motifs is 1. The highest BCUT2D eigenvalue weighted by molar-refractivity contribution is 9.10. The van der Waals surface area contributed by atoms with Crippen LogP contribution >= 0.6 is 38.9 Å². The molecule has 124 valence electrons. The SMILES string of the molecule is Cc1sc2ncnc(Nc3ccc(Cl)cc3)c2c1-c1ccc(Br)cc1. The second kappa shape index (κ2) is 6.75. The van der Waals surface area contributed by atoms with Gasteiger partial charge < -0.3 is 5.32 Å². The van der Waals surface area contributed by atoms with Crippen LogP contribution in [0.2, 0.25) is 5.02 Å². The first-order valence-corrected chi connectivity index (χ1v) is 9.63. The van der Waals surface area contributed by atoms with Crippen molar-refractivity contribution in [2.75, 3.05) is 5.32 Å². The van der Waals surface area contributed by atoms with E-state index in [0.29, 0.717) is 5.02 Å². The van der Waals surface area contributed by atoms with Crippen LogP contribution < -0.4 is 5.32 Å². The molecule has 0 saturated heterocycles. The van der Waals surface area contributed by atoms with E-state index in [-0.39, 0.29) is 0 Å². The molecule has 0 aliphatic rings. The fourth-order valence-corrected chi connectivity index (χ4v) is 4.18. The third kappa shape index (κ3) is 3.27. The van der Waals surface area contributed by atoms with Gasteiger partial charge in [0.25, 0.3) is 0 Å². The Kier molecular flexibility index (Phi) is 4.46. The molecule has 0 radical (unpaired) electrons. The summed E-state index contributed by atoms with van der Waals surface area (Å²) in [6.07, 6.45) is 1.60. The zero-order valence-electron chi connectivity index (χ0n) is 13.3. The monoisotopic (exact) mass is 429 g/mol. The first kappa shape index (κ1) is 16.5. The molecular weight excluding hydrogens is 418 g/mol. The standard InChI is InChI=1S/C19H13BrClN3S/c1-11-16(12-2-4-13(20)5-3-12)17-18(22-10-23-19(17)25-11)24-15-8-6-14(21)7-9-15/h2-10H,1H3,(H,22,23,24). The first-order valence-electron chi connectivity index (χ1n) is 7.64. The number of anilines is 2. The van der Waals surface area contributed by atoms with Gasteiger partial charge >= 0.3 is 0 Å². The number of hydrogen-bond donors (Lipinski definition) is 1. The molecule has 25 heavy (non-hydrogen) atoms. The maximum atomic E-state index is 5.98. The highest BCUT2D eigenvalue weighted by Crippen LogP contribution is 2.41. The van der Waals surface area contributed by atoms with Crippen LogP contribution in [0.4, 0.5) is 11.5 Å². The summed E-state index contributed by atoms with van der Waals surface area (Å²) in [6.45, 7) is 2.12. The molecule has 0 aliphatic carbocycles. The summed E-state index contributed by atoms with van der Waals surface area (Å²) < 4.78 is 1.06. The van der Waals surface area contributed by atoms with Gasteiger partial charge in [0.15, 0.2) is 0 Å². The van der Waals surface area contributed by atoms with Crippen molar-refractivity contribution in [3.63, 3.8) is 0 Å². The molecular formula is C19H13BrClN3S. The van der Waals surface area contributed by atoms with E-state index >= 15 is 0 Å². The van der Waals surface area contributed by atoms with Gasteiger partial charge in [0.2, 0.25) is 0 Å². The van der Waals surface area contributed by atoms with Crippen molar-refractivity contribution in [1.29, 1.82) is 0 Å². The molecule has 2 aromatic heterocycles. The fraction of sp³-hybridized carbons (Fsp3) is 0.0526. The molecule has 0 spiro atoms. The molecule has 0 amide bonds. The van der Waals surface area contributed by atoms with E-state index in [9.17, 15) is 0 Å². The summed E-state index contributed by atoms with van der Waals surface area (Å²) in [7, 11) is 0. The summed E-state index contributed by atoms with van der Waals surface area (Å²) in [5, 5.41) is 5.15. The lowest BCUT2D eigenvalue weighted by Crippen LogP contribution is -1.95. The predicted molar refractivity (Wildman–Crippen MR) is 110 cm³/mol. The number of halogens is 2. The predicted octanol–water partition coefficient (Wildman–Crippen LogP) is 6.83. The summed E-state index contributed by atoms with van der Waals surface area (Å²) in [6, 6.07) is 15.9. The fourth-order valence-electron chi connectivity index (χ4n) is 2.77. The smallest absolute Gasteiger partial charge is 0.143 e. The Bertz CT molecular complexity index is 1040. The maximum absolute atomic E-state index is 5.98. The van der Waals surface area contributed by atoms with E-state index in [4.69, 9.17) is 11.6 Å². The Morgan fingerprint density at radius 1 is 1.00 bits per heavy atom. The normalized spacial score (nSPS) is 11.0. The average Bonchev–Trinajstić information content (AvgIpc) is 2.95. The number of benzene rings is 2. The Morgan fingerprint density at radius 2 is 1.72 bits per heavy atom. The number of hydrogen-bond acceptors (Lipinski definition) is 4. The molecule has 0 atom stereocenters. The molecule has 4 rings (SSSR count). The lowest BCUT2D eigenvalue weighted by molar-refractivity contribution is 1.23. The van der Waals surface area contributed by atoms with E-state index in [1.54, 1.807) is 17.7 Å². The highest BCUT2D eigenvalue weighted by Gasteiger charge is 2.16. The molecule has 4 aromatic rings. The summed E-state index contributed by atoms with van der Waals surface area (Å²) >= 11 is 11.2. The topological polar surface area (TPSA) is 37.8 Å². The van der Waals surface area contributed by atoms with Crippen LogP contribution in [-0.2, 0) is 0 Å². The third-order valence-electron chi connectivity index (χ3n) is 3.90. The van der Waals surface area contributed by atoms with Crippen molar-refractivity contribution >= 4 is 60.6 Å². The third-order valence-corrected chi connectivity index (χ3v) is 5.70. The number of aromatic nitrogens is 2. The summed E-state index contributed by atoms with van der Waals surface area (Å²) in [4.78, 5) is 11.1. The van der Waals surface area contributed by atoms with E-state index in [0.717, 1.165) is 31.8 Å². The van der Waals surface area contributed by atoms with Crippen molar-refractivity contribution < 1.29 is 0 Å². The summed E-state index contributed by atoms with van der Waals surface area (Å²) in [5.41, 5.74) is 3.26. The van der Waals surface area contributed by atoms with Crippen LogP contribution in [0.15, 0.2) is 59.3 Å². The van der Waals surface area contributed by atoms with Gasteiger partial charge in [0, 0.05) is 25.6 Å². The van der Waals surface area contributed by atoms with Gasteiger partial charge in [-0.15, -0.1) is 11.3 Å². The number of nitrogens with zero attached hydrogens (tertiary/aromatic N) is 2. The molecule has 0 aliphatic heterocycles. The minimum absolute atomic E-state index is 0.709. The van der Waals surface area contributed by atoms with Crippen LogP contribution in [0.1, 0.15) is 4.88 Å².